The number of hydrogen-bond donors (Lipinski definition) is 0. The molecular formula is C19H16N2O3S. The first-order valence-corrected chi connectivity index (χ1v) is 9.28. The van der Waals surface area contributed by atoms with Gasteiger partial charge in [0.25, 0.3) is 17.7 Å². The first-order valence-electron chi connectivity index (χ1n) is 8.12. The molecule has 1 saturated heterocycles. The highest BCUT2D eigenvalue weighted by Gasteiger charge is 2.38. The zero-order valence-electron chi connectivity index (χ0n) is 13.5. The van der Waals surface area contributed by atoms with Crippen molar-refractivity contribution in [2.45, 2.75) is 0 Å². The van der Waals surface area contributed by atoms with Crippen molar-refractivity contribution >= 4 is 35.2 Å². The number of rotatable bonds is 2. The second kappa shape index (κ2) is 6.37. The predicted molar refractivity (Wildman–Crippen MR) is 97.3 cm³/mol. The van der Waals surface area contributed by atoms with Crippen LogP contribution in [0.1, 0.15) is 31.1 Å². The molecule has 1 fully saturated rings. The quantitative estimate of drug-likeness (QED) is 0.780. The molecule has 0 atom stereocenters. The van der Waals surface area contributed by atoms with Crippen LogP contribution in [-0.4, -0.2) is 47.2 Å². The summed E-state index contributed by atoms with van der Waals surface area (Å²) in [6.07, 6.45) is 0. The van der Waals surface area contributed by atoms with Crippen LogP contribution in [-0.2, 0) is 0 Å². The normalized spacial score (nSPS) is 17.0. The molecule has 2 aliphatic rings. The minimum absolute atomic E-state index is 0.132. The van der Waals surface area contributed by atoms with E-state index in [1.807, 2.05) is 11.8 Å². The number of amides is 3. The zero-order chi connectivity index (χ0) is 17.4. The average molecular weight is 352 g/mol. The van der Waals surface area contributed by atoms with E-state index in [0.717, 1.165) is 16.4 Å². The molecular weight excluding hydrogens is 336 g/mol. The van der Waals surface area contributed by atoms with Crippen molar-refractivity contribution in [1.29, 1.82) is 0 Å². The molecule has 0 radical (unpaired) electrons. The molecule has 0 bridgehead atoms. The molecule has 0 N–H and O–H groups in total. The van der Waals surface area contributed by atoms with Gasteiger partial charge in [-0.3, -0.25) is 14.4 Å². The summed E-state index contributed by atoms with van der Waals surface area (Å²) in [6, 6.07) is 13.6. The standard InChI is InChI=1S/C19H16N2O3S/c22-17(20-9-11-25-12-10-20)15-7-3-4-8-16(15)21-18(23)13-5-1-2-6-14(13)19(21)24/h1-8H,9-12H2. The highest BCUT2D eigenvalue weighted by atomic mass is 32.2. The summed E-state index contributed by atoms with van der Waals surface area (Å²) in [4.78, 5) is 41.3. The maximum absolute atomic E-state index is 12.9. The lowest BCUT2D eigenvalue weighted by Gasteiger charge is -2.28. The Morgan fingerprint density at radius 3 is 2.04 bits per heavy atom. The lowest BCUT2D eigenvalue weighted by molar-refractivity contribution is 0.0773. The number of carbonyl (C=O) groups excluding carboxylic acids is 3. The first kappa shape index (κ1) is 15.9. The highest BCUT2D eigenvalue weighted by Crippen LogP contribution is 2.31. The van der Waals surface area contributed by atoms with Gasteiger partial charge in [0.2, 0.25) is 0 Å². The van der Waals surface area contributed by atoms with Gasteiger partial charge in [-0.2, -0.15) is 11.8 Å². The third-order valence-corrected chi connectivity index (χ3v) is 5.41. The molecule has 0 aliphatic carbocycles. The van der Waals surface area contributed by atoms with Crippen LogP contribution in [0.5, 0.6) is 0 Å². The molecule has 6 heteroatoms. The molecule has 3 amide bonds. The summed E-state index contributed by atoms with van der Waals surface area (Å²) < 4.78 is 0. The van der Waals surface area contributed by atoms with Gasteiger partial charge in [-0.05, 0) is 24.3 Å². The summed E-state index contributed by atoms with van der Waals surface area (Å²) in [7, 11) is 0. The van der Waals surface area contributed by atoms with Gasteiger partial charge < -0.3 is 4.90 Å². The number of benzene rings is 2. The van der Waals surface area contributed by atoms with Gasteiger partial charge in [-0.25, -0.2) is 4.90 Å². The SMILES string of the molecule is O=C(c1ccccc1N1C(=O)c2ccccc2C1=O)N1CCSCC1. The van der Waals surface area contributed by atoms with Gasteiger partial charge in [-0.1, -0.05) is 24.3 Å². The Kier molecular flexibility index (Phi) is 4.05. The largest absolute Gasteiger partial charge is 0.337 e. The second-order valence-electron chi connectivity index (χ2n) is 5.91. The molecule has 5 nitrogen and oxygen atoms in total. The van der Waals surface area contributed by atoms with Crippen LogP contribution in [0.4, 0.5) is 5.69 Å². The van der Waals surface area contributed by atoms with E-state index in [0.29, 0.717) is 35.5 Å². The Bertz CT molecular complexity index is 839. The Labute approximate surface area is 149 Å². The van der Waals surface area contributed by atoms with Gasteiger partial charge in [0.15, 0.2) is 0 Å². The molecule has 2 aromatic carbocycles. The van der Waals surface area contributed by atoms with Crippen molar-refractivity contribution in [2.75, 3.05) is 29.5 Å². The van der Waals surface area contributed by atoms with E-state index in [9.17, 15) is 14.4 Å². The first-order chi connectivity index (χ1) is 12.2. The number of imide groups is 1. The van der Waals surface area contributed by atoms with Crippen molar-refractivity contribution in [2.24, 2.45) is 0 Å². The average Bonchev–Trinajstić information content (AvgIpc) is 2.93. The Morgan fingerprint density at radius 1 is 0.840 bits per heavy atom. The van der Waals surface area contributed by atoms with Gasteiger partial charge in [-0.15, -0.1) is 0 Å². The number of para-hydroxylation sites is 1. The van der Waals surface area contributed by atoms with E-state index in [4.69, 9.17) is 0 Å². The molecule has 2 aromatic rings. The third kappa shape index (κ3) is 2.62. The van der Waals surface area contributed by atoms with E-state index < -0.39 is 0 Å². The van der Waals surface area contributed by atoms with E-state index in [-0.39, 0.29) is 17.7 Å². The number of thioether (sulfide) groups is 1. The number of carbonyl (C=O) groups is 3. The van der Waals surface area contributed by atoms with E-state index >= 15 is 0 Å². The maximum atomic E-state index is 12.9. The van der Waals surface area contributed by atoms with E-state index in [1.54, 1.807) is 53.4 Å². The summed E-state index contributed by atoms with van der Waals surface area (Å²) in [6.45, 7) is 1.36. The molecule has 0 saturated carbocycles. The lowest BCUT2D eigenvalue weighted by Crippen LogP contribution is -2.39. The summed E-state index contributed by atoms with van der Waals surface area (Å²) in [5.41, 5.74) is 1.51. The van der Waals surface area contributed by atoms with Crippen molar-refractivity contribution in [3.63, 3.8) is 0 Å². The fourth-order valence-corrected chi connectivity index (χ4v) is 4.10. The van der Waals surface area contributed by atoms with Gasteiger partial charge >= 0.3 is 0 Å². The third-order valence-electron chi connectivity index (χ3n) is 4.47. The number of nitrogens with zero attached hydrogens (tertiary/aromatic N) is 2. The number of anilines is 1. The molecule has 25 heavy (non-hydrogen) atoms. The fourth-order valence-electron chi connectivity index (χ4n) is 3.19. The van der Waals surface area contributed by atoms with Crippen molar-refractivity contribution in [3.8, 4) is 0 Å². The monoisotopic (exact) mass is 352 g/mol. The highest BCUT2D eigenvalue weighted by molar-refractivity contribution is 7.99. The topological polar surface area (TPSA) is 57.7 Å². The van der Waals surface area contributed by atoms with Crippen LogP contribution < -0.4 is 4.90 Å². The van der Waals surface area contributed by atoms with Crippen LogP contribution in [0.2, 0.25) is 0 Å². The smallest absolute Gasteiger partial charge is 0.266 e. The Hall–Kier alpha value is -2.60. The van der Waals surface area contributed by atoms with E-state index in [2.05, 4.69) is 0 Å². The van der Waals surface area contributed by atoms with Crippen LogP contribution in [0.3, 0.4) is 0 Å². The van der Waals surface area contributed by atoms with Crippen LogP contribution >= 0.6 is 11.8 Å². The summed E-state index contributed by atoms with van der Waals surface area (Å²) in [5, 5.41) is 0. The second-order valence-corrected chi connectivity index (χ2v) is 7.14. The predicted octanol–water partition coefficient (Wildman–Crippen LogP) is 2.68. The zero-order valence-corrected chi connectivity index (χ0v) is 14.3. The molecule has 0 unspecified atom stereocenters. The minimum Gasteiger partial charge on any atom is -0.337 e. The van der Waals surface area contributed by atoms with Crippen molar-refractivity contribution in [3.05, 3.63) is 65.2 Å². The summed E-state index contributed by atoms with van der Waals surface area (Å²) in [5.74, 6) is 0.916. The summed E-state index contributed by atoms with van der Waals surface area (Å²) >= 11 is 1.82. The fraction of sp³-hybridized carbons (Fsp3) is 0.211. The molecule has 2 heterocycles. The molecule has 2 aliphatic heterocycles. The molecule has 126 valence electrons. The Morgan fingerprint density at radius 2 is 1.40 bits per heavy atom. The lowest BCUT2D eigenvalue weighted by atomic mass is 10.1. The van der Waals surface area contributed by atoms with Gasteiger partial charge in [0, 0.05) is 24.6 Å². The number of hydrogen-bond acceptors (Lipinski definition) is 4. The maximum Gasteiger partial charge on any atom is 0.266 e. The molecule has 0 spiro atoms. The van der Waals surface area contributed by atoms with E-state index in [1.165, 1.54) is 0 Å². The number of fused-ring (bicyclic) bond motifs is 1. The van der Waals surface area contributed by atoms with Crippen molar-refractivity contribution in [1.82, 2.24) is 4.90 Å². The minimum atomic E-state index is -0.380. The van der Waals surface area contributed by atoms with Gasteiger partial charge in [0.1, 0.15) is 0 Å². The molecule has 0 aromatic heterocycles. The van der Waals surface area contributed by atoms with Crippen LogP contribution in [0.25, 0.3) is 0 Å². The Balaban J connectivity index is 1.74. The molecule has 4 rings (SSSR count). The van der Waals surface area contributed by atoms with Crippen molar-refractivity contribution < 1.29 is 14.4 Å². The van der Waals surface area contributed by atoms with Crippen LogP contribution in [0.15, 0.2) is 48.5 Å². The van der Waals surface area contributed by atoms with Crippen LogP contribution in [0, 0.1) is 0 Å². The van der Waals surface area contributed by atoms with Gasteiger partial charge in [0.05, 0.1) is 22.4 Å².